The summed E-state index contributed by atoms with van der Waals surface area (Å²) in [5, 5.41) is 13.7. The molecule has 0 unspecified atom stereocenters. The lowest BCUT2D eigenvalue weighted by Crippen LogP contribution is -2.20. The smallest absolute Gasteiger partial charge is 0.275 e. The number of phenols is 1. The topological polar surface area (TPSA) is 61.7 Å². The van der Waals surface area contributed by atoms with Gasteiger partial charge in [-0.3, -0.25) is 4.79 Å². The van der Waals surface area contributed by atoms with Crippen molar-refractivity contribution in [3.63, 3.8) is 0 Å². The number of para-hydroxylation sites is 1. The molecule has 1 aromatic carbocycles. The van der Waals surface area contributed by atoms with Gasteiger partial charge in [0.1, 0.15) is 5.75 Å². The van der Waals surface area contributed by atoms with Crippen LogP contribution in [-0.2, 0) is 0 Å². The lowest BCUT2D eigenvalue weighted by molar-refractivity contribution is 0.0952. The number of nitrogens with zero attached hydrogens (tertiary/aromatic N) is 1. The predicted octanol–water partition coefficient (Wildman–Crippen LogP) is 4.98. The summed E-state index contributed by atoms with van der Waals surface area (Å²) in [7, 11) is 0. The summed E-state index contributed by atoms with van der Waals surface area (Å²) in [4.78, 5) is 12.0. The zero-order valence-corrected chi connectivity index (χ0v) is 15.8. The van der Waals surface area contributed by atoms with E-state index in [-0.39, 0.29) is 16.7 Å². The van der Waals surface area contributed by atoms with Gasteiger partial charge in [0.15, 0.2) is 0 Å². The number of phenolic OH excluding ortho intramolecular Hbond substituents is 1. The van der Waals surface area contributed by atoms with Gasteiger partial charge in [0.25, 0.3) is 5.91 Å². The average Bonchev–Trinajstić information content (AvgIpc) is 2.53. The minimum absolute atomic E-state index is 0.0655. The Morgan fingerprint density at radius 2 is 1.96 bits per heavy atom. The minimum Gasteiger partial charge on any atom is -0.507 e. The number of nitrogens with one attached hydrogen (secondary N) is 1. The zero-order chi connectivity index (χ0) is 18.9. The molecular formula is C21H28N2O2. The van der Waals surface area contributed by atoms with Gasteiger partial charge in [-0.1, -0.05) is 37.6 Å². The van der Waals surface area contributed by atoms with Gasteiger partial charge in [-0.25, -0.2) is 5.43 Å². The van der Waals surface area contributed by atoms with Gasteiger partial charge in [-0.15, -0.1) is 5.73 Å². The summed E-state index contributed by atoms with van der Waals surface area (Å²) < 4.78 is 0. The number of rotatable bonds is 7. The van der Waals surface area contributed by atoms with Gasteiger partial charge in [-0.2, -0.15) is 5.10 Å². The Balaban J connectivity index is 2.65. The molecule has 0 aliphatic carbocycles. The lowest BCUT2D eigenvalue weighted by Gasteiger charge is -2.12. The van der Waals surface area contributed by atoms with Crippen LogP contribution in [0.3, 0.4) is 0 Å². The molecule has 0 heterocycles. The quantitative estimate of drug-likeness (QED) is 0.318. The monoisotopic (exact) mass is 340 g/mol. The highest BCUT2D eigenvalue weighted by atomic mass is 16.3. The van der Waals surface area contributed by atoms with E-state index < -0.39 is 5.91 Å². The number of carbonyl (C=O) groups is 1. The number of allylic oxidation sites excluding steroid dienone is 3. The van der Waals surface area contributed by atoms with Crippen LogP contribution < -0.4 is 5.43 Å². The van der Waals surface area contributed by atoms with Crippen molar-refractivity contribution in [2.45, 2.75) is 47.5 Å². The van der Waals surface area contributed by atoms with E-state index in [0.29, 0.717) is 0 Å². The Labute approximate surface area is 150 Å². The predicted molar refractivity (Wildman–Crippen MR) is 104 cm³/mol. The third kappa shape index (κ3) is 8.18. The molecule has 4 heteroatoms. The first-order valence-electron chi connectivity index (χ1n) is 8.40. The molecule has 0 aromatic heterocycles. The SMILES string of the molecule is CC(=C=CC(C)(C)/C=N/NC(=O)c1ccccc1O)CCC=C(C)C. The number of amides is 1. The van der Waals surface area contributed by atoms with Crippen molar-refractivity contribution in [1.29, 1.82) is 0 Å². The van der Waals surface area contributed by atoms with Gasteiger partial charge in [-0.05, 0) is 57.4 Å². The van der Waals surface area contributed by atoms with E-state index >= 15 is 0 Å². The molecule has 1 rings (SSSR count). The molecule has 1 aromatic rings. The summed E-state index contributed by atoms with van der Waals surface area (Å²) in [6.45, 7) is 10.2. The number of hydrazone groups is 1. The number of hydrogen-bond acceptors (Lipinski definition) is 3. The summed E-state index contributed by atoms with van der Waals surface area (Å²) in [5.74, 6) is -0.508. The van der Waals surface area contributed by atoms with Crippen LogP contribution in [0.15, 0.2) is 58.4 Å². The molecule has 0 fully saturated rings. The molecule has 1 amide bonds. The van der Waals surface area contributed by atoms with Crippen LogP contribution >= 0.6 is 0 Å². The van der Waals surface area contributed by atoms with Crippen molar-refractivity contribution >= 4 is 12.1 Å². The third-order valence-corrected chi connectivity index (χ3v) is 3.47. The fraction of sp³-hybridized carbons (Fsp3) is 0.381. The lowest BCUT2D eigenvalue weighted by atomic mass is 9.95. The standard InChI is InChI=1S/C21H28N2O2/c1-16(2)9-8-10-17(3)13-14-21(4,5)15-22-23-20(25)18-11-6-7-12-19(18)24/h6-7,9,11-12,14-15,24H,8,10H2,1-5H3,(H,23,25)/b22-15+. The Morgan fingerprint density at radius 1 is 1.28 bits per heavy atom. The molecule has 0 aliphatic rings. The van der Waals surface area contributed by atoms with Gasteiger partial charge >= 0.3 is 0 Å². The Morgan fingerprint density at radius 3 is 2.60 bits per heavy atom. The highest BCUT2D eigenvalue weighted by molar-refractivity contribution is 5.96. The van der Waals surface area contributed by atoms with Crippen LogP contribution in [-0.4, -0.2) is 17.2 Å². The molecule has 0 spiro atoms. The van der Waals surface area contributed by atoms with Crippen LogP contribution in [0.2, 0.25) is 0 Å². The fourth-order valence-corrected chi connectivity index (χ4v) is 1.98. The molecular weight excluding hydrogens is 312 g/mol. The Hall–Kier alpha value is -2.58. The van der Waals surface area contributed by atoms with Crippen LogP contribution in [0.25, 0.3) is 0 Å². The maximum Gasteiger partial charge on any atom is 0.275 e. The normalized spacial score (nSPS) is 10.9. The van der Waals surface area contributed by atoms with E-state index in [9.17, 15) is 9.90 Å². The molecule has 0 saturated heterocycles. The van der Waals surface area contributed by atoms with Crippen LogP contribution in [0, 0.1) is 5.41 Å². The fourth-order valence-electron chi connectivity index (χ4n) is 1.98. The van der Waals surface area contributed by atoms with Gasteiger partial charge < -0.3 is 5.11 Å². The Kier molecular flexibility index (Phi) is 7.90. The molecule has 4 nitrogen and oxygen atoms in total. The summed E-state index contributed by atoms with van der Waals surface area (Å²) in [6, 6.07) is 6.36. The summed E-state index contributed by atoms with van der Waals surface area (Å²) in [5.41, 5.74) is 8.09. The van der Waals surface area contributed by atoms with E-state index in [2.05, 4.69) is 43.1 Å². The first-order valence-corrected chi connectivity index (χ1v) is 8.40. The molecule has 2 N–H and O–H groups in total. The average molecular weight is 340 g/mol. The molecule has 0 aliphatic heterocycles. The highest BCUT2D eigenvalue weighted by Gasteiger charge is 2.12. The van der Waals surface area contributed by atoms with E-state index in [0.717, 1.165) is 12.8 Å². The molecule has 0 radical (unpaired) electrons. The minimum atomic E-state index is -0.442. The molecule has 25 heavy (non-hydrogen) atoms. The zero-order valence-electron chi connectivity index (χ0n) is 15.8. The molecule has 0 saturated carbocycles. The number of benzene rings is 1. The van der Waals surface area contributed by atoms with E-state index in [1.807, 2.05) is 19.9 Å². The van der Waals surface area contributed by atoms with Crippen LogP contribution in [0.4, 0.5) is 0 Å². The molecule has 0 bridgehead atoms. The van der Waals surface area contributed by atoms with E-state index in [1.165, 1.54) is 17.2 Å². The first-order chi connectivity index (χ1) is 11.7. The summed E-state index contributed by atoms with van der Waals surface area (Å²) >= 11 is 0. The second kappa shape index (κ2) is 9.65. The third-order valence-electron chi connectivity index (χ3n) is 3.47. The van der Waals surface area contributed by atoms with Gasteiger partial charge in [0, 0.05) is 11.6 Å². The highest BCUT2D eigenvalue weighted by Crippen LogP contribution is 2.16. The maximum atomic E-state index is 12.0. The number of aromatic hydroxyl groups is 1. The van der Waals surface area contributed by atoms with E-state index in [4.69, 9.17) is 0 Å². The van der Waals surface area contributed by atoms with Crippen LogP contribution in [0.1, 0.15) is 57.8 Å². The van der Waals surface area contributed by atoms with Crippen LogP contribution in [0.5, 0.6) is 5.75 Å². The molecule has 134 valence electrons. The van der Waals surface area contributed by atoms with Gasteiger partial charge in [0.05, 0.1) is 5.56 Å². The van der Waals surface area contributed by atoms with E-state index in [1.54, 1.807) is 24.4 Å². The number of carbonyl (C=O) groups excluding carboxylic acids is 1. The van der Waals surface area contributed by atoms with Crippen molar-refractivity contribution in [1.82, 2.24) is 5.43 Å². The van der Waals surface area contributed by atoms with Crippen molar-refractivity contribution in [2.75, 3.05) is 0 Å². The molecule has 0 atom stereocenters. The maximum absolute atomic E-state index is 12.0. The second-order valence-corrected chi connectivity index (χ2v) is 6.93. The Bertz CT molecular complexity index is 717. The van der Waals surface area contributed by atoms with Gasteiger partial charge in [0.2, 0.25) is 0 Å². The first kappa shape index (κ1) is 20.5. The van der Waals surface area contributed by atoms with Crippen molar-refractivity contribution in [3.05, 3.63) is 58.9 Å². The second-order valence-electron chi connectivity index (χ2n) is 6.93. The number of hydrogen-bond donors (Lipinski definition) is 2. The van der Waals surface area contributed by atoms with Crippen molar-refractivity contribution in [3.8, 4) is 5.75 Å². The largest absolute Gasteiger partial charge is 0.507 e. The summed E-state index contributed by atoms with van der Waals surface area (Å²) in [6.07, 6.45) is 7.80. The van der Waals surface area contributed by atoms with Crippen molar-refractivity contribution < 1.29 is 9.90 Å². The van der Waals surface area contributed by atoms with Crippen molar-refractivity contribution in [2.24, 2.45) is 10.5 Å².